The maximum Gasteiger partial charge on any atom is 0.252 e. The highest BCUT2D eigenvalue weighted by molar-refractivity contribution is 5.89. The SMILES string of the molecule is CCCCCCC(=O)NCCCN1CCCC[C@H](NC(=O)[C@H](OC)[C@H](O)[C@@H](O)[C@H](O)C=CC(C)(C)C)C1=O. The number of likely N-dealkylation sites (tertiary alicyclic amines) is 1. The number of nitrogens with zero attached hydrogens (tertiary/aromatic N) is 1. The minimum absolute atomic E-state index is 0.0267. The number of ether oxygens (including phenoxy) is 1. The molecule has 1 heterocycles. The summed E-state index contributed by atoms with van der Waals surface area (Å²) < 4.78 is 5.15. The molecule has 1 aliphatic heterocycles. The molecule has 0 aromatic carbocycles. The molecule has 10 heteroatoms. The molecule has 220 valence electrons. The third kappa shape index (κ3) is 12.7. The quantitative estimate of drug-likeness (QED) is 0.147. The van der Waals surface area contributed by atoms with E-state index in [1.165, 1.54) is 13.2 Å². The van der Waals surface area contributed by atoms with Crippen LogP contribution in [0, 0.1) is 5.41 Å². The van der Waals surface area contributed by atoms with E-state index in [0.717, 1.165) is 38.5 Å². The minimum atomic E-state index is -1.71. The second kappa shape index (κ2) is 17.6. The molecule has 0 aromatic heterocycles. The molecule has 5 N–H and O–H groups in total. The fourth-order valence-electron chi connectivity index (χ4n) is 4.30. The normalized spacial score (nSPS) is 20.1. The number of aliphatic hydroxyl groups excluding tert-OH is 3. The van der Waals surface area contributed by atoms with Crippen LogP contribution in [0.25, 0.3) is 0 Å². The zero-order valence-corrected chi connectivity index (χ0v) is 23.9. The van der Waals surface area contributed by atoms with E-state index in [1.807, 2.05) is 20.8 Å². The molecule has 5 atom stereocenters. The Kier molecular flexibility index (Phi) is 15.7. The topological polar surface area (TPSA) is 148 Å². The molecular weight excluding hydrogens is 490 g/mol. The van der Waals surface area contributed by atoms with Gasteiger partial charge in [-0.15, -0.1) is 0 Å². The number of hydrogen-bond acceptors (Lipinski definition) is 7. The van der Waals surface area contributed by atoms with Crippen molar-refractivity contribution in [3.8, 4) is 0 Å². The molecule has 1 fully saturated rings. The second-order valence-electron chi connectivity index (χ2n) is 11.2. The van der Waals surface area contributed by atoms with Gasteiger partial charge in [-0.1, -0.05) is 59.1 Å². The third-order valence-electron chi connectivity index (χ3n) is 6.60. The first-order valence-corrected chi connectivity index (χ1v) is 14.0. The number of aliphatic hydroxyl groups is 3. The number of rotatable bonds is 16. The highest BCUT2D eigenvalue weighted by Crippen LogP contribution is 2.18. The van der Waals surface area contributed by atoms with Gasteiger partial charge in [-0.05, 0) is 37.5 Å². The van der Waals surface area contributed by atoms with E-state index < -0.39 is 36.4 Å². The van der Waals surface area contributed by atoms with Crippen molar-refractivity contribution in [2.24, 2.45) is 5.41 Å². The summed E-state index contributed by atoms with van der Waals surface area (Å²) in [4.78, 5) is 39.7. The van der Waals surface area contributed by atoms with E-state index in [2.05, 4.69) is 17.6 Å². The lowest BCUT2D eigenvalue weighted by Crippen LogP contribution is -2.56. The van der Waals surface area contributed by atoms with Crippen LogP contribution in [-0.4, -0.2) is 95.1 Å². The first-order valence-electron chi connectivity index (χ1n) is 14.0. The molecule has 10 nitrogen and oxygen atoms in total. The van der Waals surface area contributed by atoms with E-state index >= 15 is 0 Å². The van der Waals surface area contributed by atoms with E-state index in [9.17, 15) is 29.7 Å². The summed E-state index contributed by atoms with van der Waals surface area (Å²) in [6.45, 7) is 9.40. The molecule has 0 radical (unpaired) electrons. The van der Waals surface area contributed by atoms with Crippen LogP contribution in [-0.2, 0) is 19.1 Å². The molecule has 38 heavy (non-hydrogen) atoms. The first kappa shape index (κ1) is 34.0. The molecule has 1 saturated heterocycles. The van der Waals surface area contributed by atoms with E-state index in [1.54, 1.807) is 11.0 Å². The molecule has 0 aromatic rings. The molecule has 0 bridgehead atoms. The van der Waals surface area contributed by atoms with Gasteiger partial charge in [0.1, 0.15) is 24.4 Å². The van der Waals surface area contributed by atoms with E-state index in [-0.39, 0.29) is 17.2 Å². The number of carbonyl (C=O) groups excluding carboxylic acids is 3. The monoisotopic (exact) mass is 541 g/mol. The zero-order chi connectivity index (χ0) is 28.7. The Hall–Kier alpha value is -2.01. The Balaban J connectivity index is 2.63. The number of methoxy groups -OCH3 is 1. The highest BCUT2D eigenvalue weighted by atomic mass is 16.5. The Labute approximate surface area is 228 Å². The number of unbranched alkanes of at least 4 members (excludes halogenated alkanes) is 3. The number of carbonyl (C=O) groups is 3. The Bertz CT molecular complexity index is 753. The van der Waals surface area contributed by atoms with Gasteiger partial charge in [0.2, 0.25) is 11.8 Å². The molecule has 0 unspecified atom stereocenters. The molecule has 0 aliphatic carbocycles. The first-order chi connectivity index (χ1) is 17.9. The fraction of sp³-hybridized carbons (Fsp3) is 0.821. The van der Waals surface area contributed by atoms with Gasteiger partial charge in [0, 0.05) is 33.2 Å². The summed E-state index contributed by atoms with van der Waals surface area (Å²) in [6.07, 6.45) is 4.12. The average molecular weight is 542 g/mol. The van der Waals surface area contributed by atoms with E-state index in [4.69, 9.17) is 4.74 Å². The third-order valence-corrected chi connectivity index (χ3v) is 6.60. The fourth-order valence-corrected chi connectivity index (χ4v) is 4.30. The van der Waals surface area contributed by atoms with Crippen molar-refractivity contribution in [3.63, 3.8) is 0 Å². The molecular formula is C28H51N3O7. The summed E-state index contributed by atoms with van der Waals surface area (Å²) in [6, 6.07) is -0.786. The molecule has 0 saturated carbocycles. The van der Waals surface area contributed by atoms with Crippen molar-refractivity contribution in [2.45, 2.75) is 116 Å². The standard InChI is InChI=1S/C28H51N3O7/c1-6-7-8-9-14-22(33)29-17-12-19-31-18-11-10-13-20(27(31)37)30-26(36)25(38-5)24(35)23(34)21(32)15-16-28(2,3)4/h15-16,20-21,23-25,32,34-35H,6-14,17-19H2,1-5H3,(H,29,33)(H,30,36)/t20-,21+,23-,24+,25+/m0/s1. The molecule has 0 spiro atoms. The Morgan fingerprint density at radius 3 is 2.45 bits per heavy atom. The van der Waals surface area contributed by atoms with Crippen LogP contribution in [0.15, 0.2) is 12.2 Å². The van der Waals surface area contributed by atoms with Crippen LogP contribution in [0.5, 0.6) is 0 Å². The number of nitrogens with one attached hydrogen (secondary N) is 2. The highest BCUT2D eigenvalue weighted by Gasteiger charge is 2.37. The molecule has 1 aliphatic rings. The average Bonchev–Trinajstić information content (AvgIpc) is 3.03. The maximum atomic E-state index is 13.1. The summed E-state index contributed by atoms with van der Waals surface area (Å²) >= 11 is 0. The Morgan fingerprint density at radius 2 is 1.82 bits per heavy atom. The zero-order valence-electron chi connectivity index (χ0n) is 23.9. The van der Waals surface area contributed by atoms with Gasteiger partial charge in [-0.2, -0.15) is 0 Å². The van der Waals surface area contributed by atoms with Crippen LogP contribution in [0.3, 0.4) is 0 Å². The summed E-state index contributed by atoms with van der Waals surface area (Å²) in [5.41, 5.74) is -0.241. The van der Waals surface area contributed by atoms with Crippen molar-refractivity contribution in [1.82, 2.24) is 15.5 Å². The summed E-state index contributed by atoms with van der Waals surface area (Å²) in [7, 11) is 1.22. The predicted molar refractivity (Wildman–Crippen MR) is 146 cm³/mol. The smallest absolute Gasteiger partial charge is 0.252 e. The lowest BCUT2D eigenvalue weighted by molar-refractivity contribution is -0.151. The van der Waals surface area contributed by atoms with Crippen LogP contribution >= 0.6 is 0 Å². The lowest BCUT2D eigenvalue weighted by Gasteiger charge is -2.29. The summed E-state index contributed by atoms with van der Waals surface area (Å²) in [5.74, 6) is -0.930. The van der Waals surface area contributed by atoms with Gasteiger partial charge in [0.15, 0.2) is 6.10 Å². The maximum absolute atomic E-state index is 13.1. The van der Waals surface area contributed by atoms with Crippen molar-refractivity contribution in [2.75, 3.05) is 26.7 Å². The largest absolute Gasteiger partial charge is 0.387 e. The van der Waals surface area contributed by atoms with Crippen LogP contribution < -0.4 is 10.6 Å². The van der Waals surface area contributed by atoms with Gasteiger partial charge in [-0.25, -0.2) is 0 Å². The van der Waals surface area contributed by atoms with Crippen molar-refractivity contribution in [3.05, 3.63) is 12.2 Å². The van der Waals surface area contributed by atoms with Crippen LogP contribution in [0.2, 0.25) is 0 Å². The lowest BCUT2D eigenvalue weighted by atomic mass is 9.94. The van der Waals surface area contributed by atoms with Crippen molar-refractivity contribution in [1.29, 1.82) is 0 Å². The van der Waals surface area contributed by atoms with Gasteiger partial charge in [-0.3, -0.25) is 14.4 Å². The van der Waals surface area contributed by atoms with Gasteiger partial charge in [0.05, 0.1) is 0 Å². The van der Waals surface area contributed by atoms with E-state index in [0.29, 0.717) is 38.9 Å². The predicted octanol–water partition coefficient (Wildman–Crippen LogP) is 1.66. The van der Waals surface area contributed by atoms with Crippen LogP contribution in [0.1, 0.15) is 85.5 Å². The molecule has 3 amide bonds. The Morgan fingerprint density at radius 1 is 1.11 bits per heavy atom. The van der Waals surface area contributed by atoms with Crippen LogP contribution in [0.4, 0.5) is 0 Å². The summed E-state index contributed by atoms with van der Waals surface area (Å²) in [5, 5.41) is 36.8. The van der Waals surface area contributed by atoms with Crippen molar-refractivity contribution < 1.29 is 34.4 Å². The van der Waals surface area contributed by atoms with Crippen molar-refractivity contribution >= 4 is 17.7 Å². The second-order valence-corrected chi connectivity index (χ2v) is 11.2. The molecule has 1 rings (SSSR count). The minimum Gasteiger partial charge on any atom is -0.387 e. The van der Waals surface area contributed by atoms with Gasteiger partial charge < -0.3 is 35.6 Å². The number of allylic oxidation sites excluding steroid dienone is 1. The van der Waals surface area contributed by atoms with Gasteiger partial charge >= 0.3 is 0 Å². The number of amides is 3. The van der Waals surface area contributed by atoms with Gasteiger partial charge in [0.25, 0.3) is 5.91 Å². The number of hydrogen-bond donors (Lipinski definition) is 5.